The number of benzene rings is 2. The Bertz CT molecular complexity index is 1350. The number of aromatic nitrogens is 1. The van der Waals surface area contributed by atoms with Gasteiger partial charge >= 0.3 is 12.1 Å². The van der Waals surface area contributed by atoms with Crippen molar-refractivity contribution in [2.45, 2.75) is 19.0 Å². The molecule has 8 nitrogen and oxygen atoms in total. The minimum atomic E-state index is -5.16. The molecule has 194 valence electrons. The zero-order valence-corrected chi connectivity index (χ0v) is 20.2. The summed E-state index contributed by atoms with van der Waals surface area (Å²) in [6.07, 6.45) is -0.618. The lowest BCUT2D eigenvalue weighted by Gasteiger charge is -2.18. The molecular formula is C24H21F4N5O3S. The zero-order valence-electron chi connectivity index (χ0n) is 19.4. The van der Waals surface area contributed by atoms with Gasteiger partial charge in [0.1, 0.15) is 0 Å². The first kappa shape index (κ1) is 26.1. The van der Waals surface area contributed by atoms with Crippen molar-refractivity contribution in [1.29, 1.82) is 0 Å². The van der Waals surface area contributed by atoms with Crippen molar-refractivity contribution in [3.05, 3.63) is 59.5 Å². The first-order chi connectivity index (χ1) is 17.5. The predicted octanol–water partition coefficient (Wildman–Crippen LogP) is 4.86. The summed E-state index contributed by atoms with van der Waals surface area (Å²) in [5, 5.41) is 16.0. The Balaban J connectivity index is 1.50. The Kier molecular flexibility index (Phi) is 7.43. The van der Waals surface area contributed by atoms with E-state index in [1.807, 2.05) is 24.3 Å². The van der Waals surface area contributed by atoms with Crippen LogP contribution in [0.3, 0.4) is 0 Å². The van der Waals surface area contributed by atoms with Crippen LogP contribution >= 0.6 is 11.3 Å². The largest absolute Gasteiger partial charge is 0.504 e. The van der Waals surface area contributed by atoms with Crippen LogP contribution in [0.4, 0.5) is 28.4 Å². The molecule has 2 N–H and O–H groups in total. The molecule has 0 radical (unpaired) electrons. The van der Waals surface area contributed by atoms with Crippen LogP contribution in [0.15, 0.2) is 47.7 Å². The number of nitrogens with one attached hydrogen (secondary N) is 1. The van der Waals surface area contributed by atoms with Gasteiger partial charge in [-0.1, -0.05) is 23.5 Å². The number of nitrogens with zero attached hydrogens (tertiary/aromatic N) is 4. The average molecular weight is 536 g/mol. The van der Waals surface area contributed by atoms with Crippen LogP contribution in [0.1, 0.15) is 28.8 Å². The van der Waals surface area contributed by atoms with Crippen LogP contribution in [0.25, 0.3) is 10.4 Å². The smallest absolute Gasteiger partial charge is 0.473 e. The van der Waals surface area contributed by atoms with E-state index >= 15 is 0 Å². The topological polar surface area (TPSA) is 98.1 Å². The number of carbonyl (C=O) groups is 2. The molecule has 0 atom stereocenters. The number of halogens is 4. The summed E-state index contributed by atoms with van der Waals surface area (Å²) in [5.41, 5.74) is 1.39. The number of aromatic hydroxyl groups is 1. The summed E-state index contributed by atoms with van der Waals surface area (Å²) in [7, 11) is 0.747. The lowest BCUT2D eigenvalue weighted by molar-refractivity contribution is -0.184. The van der Waals surface area contributed by atoms with E-state index in [9.17, 15) is 32.3 Å². The molecule has 13 heteroatoms. The number of carbonyl (C=O) groups excluding carboxylic acids is 2. The molecule has 3 aromatic rings. The van der Waals surface area contributed by atoms with Crippen molar-refractivity contribution in [1.82, 2.24) is 9.99 Å². The van der Waals surface area contributed by atoms with Crippen molar-refractivity contribution < 1.29 is 32.3 Å². The summed E-state index contributed by atoms with van der Waals surface area (Å²) < 4.78 is 51.8. The van der Waals surface area contributed by atoms with Gasteiger partial charge < -0.3 is 10.0 Å². The van der Waals surface area contributed by atoms with Crippen molar-refractivity contribution in [2.75, 3.05) is 30.4 Å². The normalized spacial score (nSPS) is 13.8. The van der Waals surface area contributed by atoms with Gasteiger partial charge in [0.25, 0.3) is 5.91 Å². The Hall–Kier alpha value is -4.00. The highest BCUT2D eigenvalue weighted by molar-refractivity contribution is 7.19. The maximum absolute atomic E-state index is 14.2. The second kappa shape index (κ2) is 10.5. The van der Waals surface area contributed by atoms with Gasteiger partial charge in [-0.3, -0.25) is 14.9 Å². The number of hydrazone groups is 1. The van der Waals surface area contributed by atoms with E-state index in [0.717, 1.165) is 61.2 Å². The number of rotatable bonds is 6. The van der Waals surface area contributed by atoms with Crippen LogP contribution in [-0.2, 0) is 4.79 Å². The molecule has 0 spiro atoms. The molecule has 2 amide bonds. The number of amides is 2. The van der Waals surface area contributed by atoms with E-state index in [1.165, 1.54) is 11.3 Å². The molecule has 37 heavy (non-hydrogen) atoms. The fourth-order valence-electron chi connectivity index (χ4n) is 3.70. The fourth-order valence-corrected chi connectivity index (χ4v) is 4.51. The van der Waals surface area contributed by atoms with Crippen molar-refractivity contribution in [3.63, 3.8) is 0 Å². The van der Waals surface area contributed by atoms with Crippen LogP contribution < -0.4 is 10.2 Å². The summed E-state index contributed by atoms with van der Waals surface area (Å²) in [5.74, 6) is -5.16. The van der Waals surface area contributed by atoms with Gasteiger partial charge in [-0.25, -0.2) is 14.4 Å². The monoisotopic (exact) mass is 535 g/mol. The molecular weight excluding hydrogens is 514 g/mol. The van der Waals surface area contributed by atoms with E-state index in [0.29, 0.717) is 6.21 Å². The molecule has 0 bridgehead atoms. The molecule has 4 rings (SSSR count). The van der Waals surface area contributed by atoms with Crippen molar-refractivity contribution in [2.24, 2.45) is 5.10 Å². The molecule has 1 aliphatic heterocycles. The predicted molar refractivity (Wildman–Crippen MR) is 131 cm³/mol. The van der Waals surface area contributed by atoms with E-state index in [-0.39, 0.29) is 15.7 Å². The van der Waals surface area contributed by atoms with Gasteiger partial charge in [0, 0.05) is 43.1 Å². The molecule has 1 aliphatic rings. The minimum absolute atomic E-state index is 0.0140. The van der Waals surface area contributed by atoms with Gasteiger partial charge in [-0.05, 0) is 42.7 Å². The van der Waals surface area contributed by atoms with Crippen LogP contribution in [0, 0.1) is 5.82 Å². The highest BCUT2D eigenvalue weighted by Crippen LogP contribution is 2.32. The number of thiazole rings is 1. The Morgan fingerprint density at radius 3 is 2.65 bits per heavy atom. The van der Waals surface area contributed by atoms with Gasteiger partial charge in [-0.15, -0.1) is 0 Å². The second-order valence-corrected chi connectivity index (χ2v) is 9.23. The van der Waals surface area contributed by atoms with Crippen molar-refractivity contribution in [3.8, 4) is 16.2 Å². The lowest BCUT2D eigenvalue weighted by atomic mass is 10.1. The zero-order chi connectivity index (χ0) is 26.7. The van der Waals surface area contributed by atoms with Gasteiger partial charge in [-0.2, -0.15) is 18.3 Å². The summed E-state index contributed by atoms with van der Waals surface area (Å²) in [6, 6.07) is 9.75. The number of phenols is 1. The Morgan fingerprint density at radius 1 is 1.22 bits per heavy atom. The number of hydrogen-bond donors (Lipinski definition) is 2. The van der Waals surface area contributed by atoms with Gasteiger partial charge in [0.15, 0.2) is 16.7 Å². The molecule has 1 saturated heterocycles. The molecule has 0 unspecified atom stereocenters. The first-order valence-corrected chi connectivity index (χ1v) is 11.9. The van der Waals surface area contributed by atoms with E-state index in [1.54, 1.807) is 6.20 Å². The quantitative estimate of drug-likeness (QED) is 0.267. The number of alkyl halides is 3. The molecule has 1 fully saturated rings. The molecule has 2 heterocycles. The number of hydrogen-bond acceptors (Lipinski definition) is 7. The first-order valence-electron chi connectivity index (χ1n) is 11.1. The van der Waals surface area contributed by atoms with Crippen molar-refractivity contribution >= 4 is 40.2 Å². The summed E-state index contributed by atoms with van der Waals surface area (Å²) in [4.78, 5) is 31.2. The second-order valence-electron chi connectivity index (χ2n) is 8.20. The molecule has 0 saturated carbocycles. The maximum atomic E-state index is 14.2. The average Bonchev–Trinajstić information content (AvgIpc) is 3.56. The maximum Gasteiger partial charge on any atom is 0.473 e. The lowest BCUT2D eigenvalue weighted by Crippen LogP contribution is -2.35. The highest BCUT2D eigenvalue weighted by atomic mass is 32.1. The fraction of sp³-hybridized carbons (Fsp3) is 0.250. The van der Waals surface area contributed by atoms with E-state index in [2.05, 4.69) is 20.3 Å². The van der Waals surface area contributed by atoms with Crippen LogP contribution in [0.5, 0.6) is 5.75 Å². The SMILES string of the molecule is CN(N=Cc1cc(C(=O)Nc2ncc(-c3cccc(N4CCCC4)c3)s2)cc(F)c1O)C(=O)C(F)(F)F. The number of phenolic OH excluding ortho intramolecular Hbond substituents is 1. The molecule has 0 aliphatic carbocycles. The van der Waals surface area contributed by atoms with Crippen LogP contribution in [-0.4, -0.2) is 59.4 Å². The summed E-state index contributed by atoms with van der Waals surface area (Å²) in [6.45, 7) is 2.00. The minimum Gasteiger partial charge on any atom is -0.504 e. The highest BCUT2D eigenvalue weighted by Gasteiger charge is 2.41. The Morgan fingerprint density at radius 2 is 1.95 bits per heavy atom. The standard InChI is InChI=1S/C24H21F4N5O3S/c1-32(22(36)24(26,27)28)30-12-16-9-15(11-18(25)20(16)34)21(35)31-23-29-13-19(37-23)14-5-4-6-17(10-14)33-7-2-3-8-33/h4-6,9-13,34H,2-3,7-8H2,1H3,(H,29,31,35). The molecule has 1 aromatic heterocycles. The van der Waals surface area contributed by atoms with E-state index < -0.39 is 35.1 Å². The number of anilines is 2. The summed E-state index contributed by atoms with van der Waals surface area (Å²) >= 11 is 1.21. The third kappa shape index (κ3) is 6.05. The van der Waals surface area contributed by atoms with Gasteiger partial charge in [0.05, 0.1) is 11.1 Å². The Labute approximate surface area is 212 Å². The van der Waals surface area contributed by atoms with E-state index in [4.69, 9.17) is 0 Å². The third-order valence-electron chi connectivity index (χ3n) is 5.59. The molecule has 2 aromatic carbocycles. The van der Waals surface area contributed by atoms with Gasteiger partial charge in [0.2, 0.25) is 0 Å². The third-order valence-corrected chi connectivity index (χ3v) is 6.55. The van der Waals surface area contributed by atoms with Crippen LogP contribution in [0.2, 0.25) is 0 Å².